The van der Waals surface area contributed by atoms with Crippen molar-refractivity contribution in [1.29, 1.82) is 0 Å². The molecule has 1 aliphatic carbocycles. The highest BCUT2D eigenvalue weighted by Gasteiger charge is 2.24. The van der Waals surface area contributed by atoms with Gasteiger partial charge in [-0.2, -0.15) is 5.10 Å². The van der Waals surface area contributed by atoms with Crippen LogP contribution in [0.3, 0.4) is 0 Å². The molecule has 1 saturated carbocycles. The largest absolute Gasteiger partial charge is 0.364 e. The van der Waals surface area contributed by atoms with Crippen LogP contribution in [0.2, 0.25) is 10.0 Å². The third-order valence-corrected chi connectivity index (χ3v) is 7.15. The average molecular weight is 434 g/mol. The van der Waals surface area contributed by atoms with Crippen LogP contribution in [0.5, 0.6) is 0 Å². The highest BCUT2D eigenvalue weighted by atomic mass is 35.5. The van der Waals surface area contributed by atoms with E-state index in [1.807, 2.05) is 6.92 Å². The number of amides is 1. The van der Waals surface area contributed by atoms with Gasteiger partial charge in [0.25, 0.3) is 5.91 Å². The zero-order chi connectivity index (χ0) is 19.8. The predicted octanol–water partition coefficient (Wildman–Crippen LogP) is 6.36. The van der Waals surface area contributed by atoms with E-state index in [-0.39, 0.29) is 5.69 Å². The summed E-state index contributed by atoms with van der Waals surface area (Å²) >= 11 is 14.3. The van der Waals surface area contributed by atoms with E-state index in [2.05, 4.69) is 17.2 Å². The molecule has 0 aliphatic heterocycles. The Balaban J connectivity index is 1.84. The predicted molar refractivity (Wildman–Crippen MR) is 116 cm³/mol. The molecule has 0 radical (unpaired) electrons. The van der Waals surface area contributed by atoms with Crippen molar-refractivity contribution in [1.82, 2.24) is 9.78 Å². The smallest absolute Gasteiger partial charge is 0.269 e. The van der Waals surface area contributed by atoms with Gasteiger partial charge in [0, 0.05) is 15.5 Å². The minimum Gasteiger partial charge on any atom is -0.364 e. The Morgan fingerprint density at radius 3 is 2.61 bits per heavy atom. The molecule has 1 aliphatic rings. The Labute approximate surface area is 178 Å². The second-order valence-electron chi connectivity index (χ2n) is 7.23. The van der Waals surface area contributed by atoms with Gasteiger partial charge in [-0.25, -0.2) is 4.68 Å². The number of nitrogens with two attached hydrogens (primary N) is 1. The lowest BCUT2D eigenvalue weighted by molar-refractivity contribution is 0.0994. The molecule has 7 heteroatoms. The number of aromatic nitrogens is 2. The van der Waals surface area contributed by atoms with Crippen molar-refractivity contribution in [3.8, 4) is 16.3 Å². The van der Waals surface area contributed by atoms with Crippen LogP contribution >= 0.6 is 34.5 Å². The number of thiophene rings is 1. The number of hydrogen-bond donors (Lipinski definition) is 1. The summed E-state index contributed by atoms with van der Waals surface area (Å²) < 4.78 is 1.71. The molecule has 0 unspecified atom stereocenters. The van der Waals surface area contributed by atoms with E-state index in [0.717, 1.165) is 16.1 Å². The van der Waals surface area contributed by atoms with Crippen molar-refractivity contribution in [2.75, 3.05) is 0 Å². The third-order valence-electron chi connectivity index (χ3n) is 5.36. The fourth-order valence-electron chi connectivity index (χ4n) is 3.93. The van der Waals surface area contributed by atoms with Crippen molar-refractivity contribution >= 4 is 40.4 Å². The maximum atomic E-state index is 11.9. The molecule has 0 atom stereocenters. The first-order chi connectivity index (χ1) is 13.5. The summed E-state index contributed by atoms with van der Waals surface area (Å²) in [5, 5.41) is 5.50. The Morgan fingerprint density at radius 2 is 1.93 bits per heavy atom. The zero-order valence-corrected chi connectivity index (χ0v) is 17.9. The van der Waals surface area contributed by atoms with Crippen LogP contribution in [0.15, 0.2) is 30.3 Å². The maximum Gasteiger partial charge on any atom is 0.269 e. The second-order valence-corrected chi connectivity index (χ2v) is 9.19. The molecule has 4 rings (SSSR count). The van der Waals surface area contributed by atoms with Crippen molar-refractivity contribution in [2.24, 2.45) is 5.73 Å². The van der Waals surface area contributed by atoms with Crippen LogP contribution < -0.4 is 5.73 Å². The molecule has 1 amide bonds. The standard InChI is InChI=1S/C21H21Cl2N3OS/c1-12-19(21(24)27)25-26(16-8-7-14(22)11-15(16)23)20(12)18-10-9-17(28-18)13-5-3-2-4-6-13/h7-11,13H,2-6H2,1H3,(H2,24,27). The number of carbonyl (C=O) groups excluding carboxylic acids is 1. The Kier molecular flexibility index (Phi) is 5.50. The summed E-state index contributed by atoms with van der Waals surface area (Å²) in [5.74, 6) is 0.0746. The zero-order valence-electron chi connectivity index (χ0n) is 15.5. The lowest BCUT2D eigenvalue weighted by atomic mass is 9.88. The van der Waals surface area contributed by atoms with Crippen molar-refractivity contribution < 1.29 is 4.79 Å². The summed E-state index contributed by atoms with van der Waals surface area (Å²) in [6.07, 6.45) is 6.40. The van der Waals surface area contributed by atoms with Crippen LogP contribution in [0.25, 0.3) is 16.3 Å². The molecule has 0 bridgehead atoms. The lowest BCUT2D eigenvalue weighted by Gasteiger charge is -2.20. The fourth-order valence-corrected chi connectivity index (χ4v) is 5.69. The number of carbonyl (C=O) groups is 1. The van der Waals surface area contributed by atoms with E-state index in [0.29, 0.717) is 21.7 Å². The van der Waals surface area contributed by atoms with Crippen molar-refractivity contribution in [3.05, 3.63) is 56.5 Å². The Morgan fingerprint density at radius 1 is 1.18 bits per heavy atom. The quantitative estimate of drug-likeness (QED) is 0.519. The van der Waals surface area contributed by atoms with Crippen LogP contribution in [-0.4, -0.2) is 15.7 Å². The number of hydrogen-bond acceptors (Lipinski definition) is 3. The topological polar surface area (TPSA) is 60.9 Å². The van der Waals surface area contributed by atoms with Gasteiger partial charge in [0.15, 0.2) is 5.69 Å². The van der Waals surface area contributed by atoms with Crippen LogP contribution in [0.1, 0.15) is 59.0 Å². The highest BCUT2D eigenvalue weighted by Crippen LogP contribution is 2.41. The van der Waals surface area contributed by atoms with E-state index in [4.69, 9.17) is 28.9 Å². The summed E-state index contributed by atoms with van der Waals surface area (Å²) in [4.78, 5) is 14.4. The molecule has 0 saturated heterocycles. The molecular weight excluding hydrogens is 413 g/mol. The number of benzene rings is 1. The SMILES string of the molecule is Cc1c(C(N)=O)nn(-c2ccc(Cl)cc2Cl)c1-c1ccc(C2CCCCC2)s1. The maximum absolute atomic E-state index is 11.9. The monoisotopic (exact) mass is 433 g/mol. The van der Waals surface area contributed by atoms with E-state index in [1.54, 1.807) is 34.2 Å². The first kappa shape index (κ1) is 19.5. The van der Waals surface area contributed by atoms with Gasteiger partial charge in [-0.3, -0.25) is 4.79 Å². The molecule has 146 valence electrons. The summed E-state index contributed by atoms with van der Waals surface area (Å²) in [6, 6.07) is 9.56. The Hall–Kier alpha value is -1.82. The van der Waals surface area contributed by atoms with E-state index < -0.39 is 5.91 Å². The summed E-state index contributed by atoms with van der Waals surface area (Å²) in [7, 11) is 0. The van der Waals surface area contributed by atoms with Crippen molar-refractivity contribution in [3.63, 3.8) is 0 Å². The molecule has 28 heavy (non-hydrogen) atoms. The summed E-state index contributed by atoms with van der Waals surface area (Å²) in [5.41, 5.74) is 8.11. The van der Waals surface area contributed by atoms with Gasteiger partial charge >= 0.3 is 0 Å². The highest BCUT2D eigenvalue weighted by molar-refractivity contribution is 7.15. The van der Waals surface area contributed by atoms with Crippen LogP contribution in [-0.2, 0) is 0 Å². The number of halogens is 2. The van der Waals surface area contributed by atoms with Gasteiger partial charge in [0.1, 0.15) is 0 Å². The van der Waals surface area contributed by atoms with E-state index in [1.165, 1.54) is 37.0 Å². The molecule has 1 aromatic carbocycles. The van der Waals surface area contributed by atoms with Gasteiger partial charge < -0.3 is 5.73 Å². The lowest BCUT2D eigenvalue weighted by Crippen LogP contribution is -2.13. The minimum absolute atomic E-state index is 0.258. The fraction of sp³-hybridized carbons (Fsp3) is 0.333. The summed E-state index contributed by atoms with van der Waals surface area (Å²) in [6.45, 7) is 1.88. The normalized spacial score (nSPS) is 15.1. The van der Waals surface area contributed by atoms with E-state index >= 15 is 0 Å². The average Bonchev–Trinajstić information content (AvgIpc) is 3.27. The minimum atomic E-state index is -0.549. The van der Waals surface area contributed by atoms with E-state index in [9.17, 15) is 4.79 Å². The van der Waals surface area contributed by atoms with Crippen molar-refractivity contribution in [2.45, 2.75) is 44.9 Å². The molecule has 2 aromatic heterocycles. The van der Waals surface area contributed by atoms with Gasteiger partial charge in [-0.15, -0.1) is 11.3 Å². The molecule has 4 nitrogen and oxygen atoms in total. The molecular formula is C21H21Cl2N3OS. The first-order valence-electron chi connectivity index (χ1n) is 9.40. The Bertz CT molecular complexity index is 1030. The number of nitrogens with zero attached hydrogens (tertiary/aromatic N) is 2. The van der Waals surface area contributed by atoms with Crippen LogP contribution in [0.4, 0.5) is 0 Å². The van der Waals surface area contributed by atoms with Gasteiger partial charge in [-0.1, -0.05) is 42.5 Å². The van der Waals surface area contributed by atoms with Gasteiger partial charge in [-0.05, 0) is 56.0 Å². The van der Waals surface area contributed by atoms with Gasteiger partial charge in [0.2, 0.25) is 0 Å². The number of rotatable bonds is 4. The molecule has 2 heterocycles. The third kappa shape index (κ3) is 3.59. The second kappa shape index (κ2) is 7.90. The molecule has 0 spiro atoms. The molecule has 2 N–H and O–H groups in total. The first-order valence-corrected chi connectivity index (χ1v) is 11.0. The molecule has 3 aromatic rings. The number of primary amides is 1. The van der Waals surface area contributed by atoms with Gasteiger partial charge in [0.05, 0.1) is 21.3 Å². The molecule has 1 fully saturated rings. The van der Waals surface area contributed by atoms with Crippen LogP contribution in [0, 0.1) is 6.92 Å².